The van der Waals surface area contributed by atoms with Gasteiger partial charge < -0.3 is 0 Å². The maximum absolute atomic E-state index is 12.7. The van der Waals surface area contributed by atoms with E-state index in [-0.39, 0.29) is 31.0 Å². The van der Waals surface area contributed by atoms with E-state index in [0.29, 0.717) is 6.42 Å². The SMILES string of the molecule is CC(C)OP(=O)(OCCC(C)OP(=O)(OC(C)C)OC(C)C)OC(C)C. The Balaban J connectivity index is 4.71. The van der Waals surface area contributed by atoms with E-state index < -0.39 is 21.7 Å². The first-order chi connectivity index (χ1) is 11.8. The van der Waals surface area contributed by atoms with Crippen LogP contribution in [0.1, 0.15) is 68.7 Å². The summed E-state index contributed by atoms with van der Waals surface area (Å²) in [5, 5.41) is 0. The molecule has 0 aromatic rings. The summed E-state index contributed by atoms with van der Waals surface area (Å²) in [5.74, 6) is 0. The molecule has 1 atom stereocenters. The summed E-state index contributed by atoms with van der Waals surface area (Å²) in [6, 6.07) is 0. The Morgan fingerprint density at radius 1 is 0.577 bits per heavy atom. The monoisotopic (exact) mass is 418 g/mol. The van der Waals surface area contributed by atoms with E-state index >= 15 is 0 Å². The third kappa shape index (κ3) is 12.6. The molecule has 0 aromatic carbocycles. The summed E-state index contributed by atoms with van der Waals surface area (Å²) in [5.41, 5.74) is 0. The Bertz CT molecular complexity index is 451. The molecular formula is C16H36O8P2. The summed E-state index contributed by atoms with van der Waals surface area (Å²) in [7, 11) is -7.37. The normalized spacial score (nSPS) is 14.8. The van der Waals surface area contributed by atoms with E-state index in [4.69, 9.17) is 27.1 Å². The summed E-state index contributed by atoms with van der Waals surface area (Å²) in [6.45, 7) is 15.7. The molecule has 158 valence electrons. The number of hydrogen-bond donors (Lipinski definition) is 0. The fourth-order valence-electron chi connectivity index (χ4n) is 1.80. The molecule has 0 radical (unpaired) electrons. The zero-order chi connectivity index (χ0) is 20.5. The van der Waals surface area contributed by atoms with Gasteiger partial charge in [-0.05, 0) is 68.7 Å². The maximum atomic E-state index is 12.7. The number of phosphoric acid groups is 2. The highest BCUT2D eigenvalue weighted by molar-refractivity contribution is 7.48. The second kappa shape index (κ2) is 11.9. The quantitative estimate of drug-likeness (QED) is 0.331. The Labute approximate surface area is 158 Å². The van der Waals surface area contributed by atoms with Gasteiger partial charge in [-0.25, -0.2) is 9.13 Å². The smallest absolute Gasteiger partial charge is 0.287 e. The van der Waals surface area contributed by atoms with E-state index in [0.717, 1.165) is 0 Å². The lowest BCUT2D eigenvalue weighted by Crippen LogP contribution is -2.17. The van der Waals surface area contributed by atoms with Crippen LogP contribution < -0.4 is 0 Å². The molecule has 0 spiro atoms. The van der Waals surface area contributed by atoms with Gasteiger partial charge in [0.2, 0.25) is 0 Å². The Hall–Kier alpha value is 0.220. The molecule has 0 bridgehead atoms. The van der Waals surface area contributed by atoms with Crippen LogP contribution in [0.2, 0.25) is 0 Å². The molecule has 0 fully saturated rings. The van der Waals surface area contributed by atoms with Crippen molar-refractivity contribution in [3.8, 4) is 0 Å². The number of phosphoric ester groups is 2. The first-order valence-corrected chi connectivity index (χ1v) is 12.0. The molecule has 0 aliphatic carbocycles. The van der Waals surface area contributed by atoms with Crippen molar-refractivity contribution in [3.05, 3.63) is 0 Å². The first kappa shape index (κ1) is 26.2. The minimum absolute atomic E-state index is 0.0429. The zero-order valence-electron chi connectivity index (χ0n) is 17.5. The topological polar surface area (TPSA) is 89.5 Å². The highest BCUT2D eigenvalue weighted by Crippen LogP contribution is 2.54. The maximum Gasteiger partial charge on any atom is 0.475 e. The molecule has 0 N–H and O–H groups in total. The second-order valence-electron chi connectivity index (χ2n) is 7.05. The van der Waals surface area contributed by atoms with E-state index in [2.05, 4.69) is 0 Å². The van der Waals surface area contributed by atoms with E-state index in [1.54, 1.807) is 62.3 Å². The third-order valence-electron chi connectivity index (χ3n) is 2.44. The highest BCUT2D eigenvalue weighted by atomic mass is 31.2. The van der Waals surface area contributed by atoms with Crippen LogP contribution in [0, 0.1) is 0 Å². The van der Waals surface area contributed by atoms with Gasteiger partial charge in [0.1, 0.15) is 0 Å². The highest BCUT2D eigenvalue weighted by Gasteiger charge is 2.33. The molecule has 0 aromatic heterocycles. The molecule has 0 amide bonds. The van der Waals surface area contributed by atoms with Crippen LogP contribution in [-0.4, -0.2) is 37.1 Å². The van der Waals surface area contributed by atoms with Crippen molar-refractivity contribution < 1.29 is 36.3 Å². The fourth-order valence-corrected chi connectivity index (χ4v) is 5.06. The lowest BCUT2D eigenvalue weighted by Gasteiger charge is -2.25. The number of hydrogen-bond acceptors (Lipinski definition) is 8. The predicted octanol–water partition coefficient (Wildman–Crippen LogP) is 5.71. The van der Waals surface area contributed by atoms with Crippen LogP contribution in [0.3, 0.4) is 0 Å². The Kier molecular flexibility index (Phi) is 12.0. The van der Waals surface area contributed by atoms with Crippen LogP contribution in [0.25, 0.3) is 0 Å². The van der Waals surface area contributed by atoms with Gasteiger partial charge in [-0.3, -0.25) is 27.1 Å². The molecule has 1 unspecified atom stereocenters. The van der Waals surface area contributed by atoms with Crippen molar-refractivity contribution in [2.24, 2.45) is 0 Å². The third-order valence-corrected chi connectivity index (χ3v) is 6.28. The van der Waals surface area contributed by atoms with Gasteiger partial charge in [-0.2, -0.15) is 0 Å². The van der Waals surface area contributed by atoms with Crippen molar-refractivity contribution in [3.63, 3.8) is 0 Å². The number of rotatable bonds is 14. The van der Waals surface area contributed by atoms with Gasteiger partial charge in [0.05, 0.1) is 37.1 Å². The molecule has 0 saturated carbocycles. The molecule has 0 heterocycles. The van der Waals surface area contributed by atoms with E-state index in [1.165, 1.54) is 0 Å². The summed E-state index contributed by atoms with van der Waals surface area (Å²) >= 11 is 0. The average Bonchev–Trinajstić information content (AvgIpc) is 2.32. The van der Waals surface area contributed by atoms with Gasteiger partial charge in [0, 0.05) is 0 Å². The largest absolute Gasteiger partial charge is 0.475 e. The lowest BCUT2D eigenvalue weighted by molar-refractivity contribution is 0.0384. The minimum atomic E-state index is -3.70. The summed E-state index contributed by atoms with van der Waals surface area (Å²) in [4.78, 5) is 0. The van der Waals surface area contributed by atoms with Crippen LogP contribution in [-0.2, 0) is 36.3 Å². The van der Waals surface area contributed by atoms with Crippen LogP contribution >= 0.6 is 15.6 Å². The van der Waals surface area contributed by atoms with Crippen molar-refractivity contribution in [2.45, 2.75) is 99.3 Å². The summed E-state index contributed by atoms with van der Waals surface area (Å²) in [6.07, 6.45) is -1.46. The molecule has 0 aliphatic heterocycles. The molecule has 26 heavy (non-hydrogen) atoms. The second-order valence-corrected chi connectivity index (χ2v) is 10.2. The first-order valence-electron chi connectivity index (χ1n) is 9.03. The average molecular weight is 418 g/mol. The zero-order valence-corrected chi connectivity index (χ0v) is 19.3. The predicted molar refractivity (Wildman–Crippen MR) is 101 cm³/mol. The van der Waals surface area contributed by atoms with Crippen molar-refractivity contribution in [2.75, 3.05) is 6.61 Å². The minimum Gasteiger partial charge on any atom is -0.287 e. The van der Waals surface area contributed by atoms with Gasteiger partial charge >= 0.3 is 15.6 Å². The van der Waals surface area contributed by atoms with Crippen molar-refractivity contribution >= 4 is 15.6 Å². The molecule has 10 heteroatoms. The lowest BCUT2D eigenvalue weighted by atomic mass is 10.3. The van der Waals surface area contributed by atoms with Gasteiger partial charge in [-0.15, -0.1) is 0 Å². The van der Waals surface area contributed by atoms with E-state index in [9.17, 15) is 9.13 Å². The fraction of sp³-hybridized carbons (Fsp3) is 1.00. The molecule has 0 rings (SSSR count). The Morgan fingerprint density at radius 3 is 1.27 bits per heavy atom. The summed E-state index contributed by atoms with van der Waals surface area (Å²) < 4.78 is 57.4. The van der Waals surface area contributed by atoms with Crippen LogP contribution in [0.4, 0.5) is 0 Å². The Morgan fingerprint density at radius 2 is 0.923 bits per heavy atom. The van der Waals surface area contributed by atoms with Crippen LogP contribution in [0.5, 0.6) is 0 Å². The molecule has 0 aliphatic rings. The van der Waals surface area contributed by atoms with Crippen molar-refractivity contribution in [1.82, 2.24) is 0 Å². The van der Waals surface area contributed by atoms with Gasteiger partial charge in [-0.1, -0.05) is 0 Å². The van der Waals surface area contributed by atoms with E-state index in [1.807, 2.05) is 0 Å². The molecule has 8 nitrogen and oxygen atoms in total. The molecule has 0 saturated heterocycles. The molecular weight excluding hydrogens is 382 g/mol. The van der Waals surface area contributed by atoms with Crippen molar-refractivity contribution in [1.29, 1.82) is 0 Å². The van der Waals surface area contributed by atoms with Crippen LogP contribution in [0.15, 0.2) is 0 Å². The standard InChI is InChI=1S/C16H36O8P2/c1-12(2)20-25(17,21-13(3)4)19-11-10-16(9)24-26(18,22-14(5)6)23-15(7)8/h12-16H,10-11H2,1-9H3. The van der Waals surface area contributed by atoms with Gasteiger partial charge in [0.25, 0.3) is 0 Å². The van der Waals surface area contributed by atoms with Gasteiger partial charge in [0.15, 0.2) is 0 Å².